The number of carboxylic acids is 1. The van der Waals surface area contributed by atoms with Gasteiger partial charge in [0.1, 0.15) is 11.5 Å². The maximum atomic E-state index is 11.7. The van der Waals surface area contributed by atoms with Crippen LogP contribution in [0.1, 0.15) is 21.7 Å². The third-order valence-electron chi connectivity index (χ3n) is 3.76. The molecule has 7 nitrogen and oxygen atoms in total. The number of aromatic carboxylic acids is 1. The zero-order chi connectivity index (χ0) is 19.2. The Bertz CT molecular complexity index is 993. The monoisotopic (exact) mass is 363 g/mol. The summed E-state index contributed by atoms with van der Waals surface area (Å²) in [5, 5.41) is 15.5. The van der Waals surface area contributed by atoms with E-state index in [1.807, 2.05) is 25.1 Å². The average Bonchev–Trinajstić information content (AvgIpc) is 3.11. The van der Waals surface area contributed by atoms with Gasteiger partial charge in [0.25, 0.3) is 0 Å². The lowest BCUT2D eigenvalue weighted by atomic mass is 10.0. The summed E-state index contributed by atoms with van der Waals surface area (Å²) in [6.07, 6.45) is 1.38. The van der Waals surface area contributed by atoms with Crippen molar-refractivity contribution in [3.05, 3.63) is 77.6 Å². The summed E-state index contributed by atoms with van der Waals surface area (Å²) in [5.74, 6) is 0.0584. The number of rotatable bonds is 5. The number of hydrazone groups is 1. The van der Waals surface area contributed by atoms with Crippen molar-refractivity contribution in [2.45, 2.75) is 6.92 Å². The molecule has 0 radical (unpaired) electrons. The summed E-state index contributed by atoms with van der Waals surface area (Å²) < 4.78 is 5.68. The summed E-state index contributed by atoms with van der Waals surface area (Å²) in [5.41, 5.74) is 4.80. The number of amides is 2. The minimum atomic E-state index is -0.975. The Morgan fingerprint density at radius 3 is 2.56 bits per heavy atom. The van der Waals surface area contributed by atoms with E-state index in [-0.39, 0.29) is 5.56 Å². The van der Waals surface area contributed by atoms with E-state index in [4.69, 9.17) is 9.52 Å². The first-order valence-corrected chi connectivity index (χ1v) is 8.12. The van der Waals surface area contributed by atoms with Crippen molar-refractivity contribution >= 4 is 23.9 Å². The lowest BCUT2D eigenvalue weighted by Crippen LogP contribution is -2.24. The van der Waals surface area contributed by atoms with Crippen LogP contribution in [0.4, 0.5) is 10.5 Å². The number of anilines is 1. The highest BCUT2D eigenvalue weighted by Gasteiger charge is 2.10. The fraction of sp³-hybridized carbons (Fsp3) is 0.0500. The van der Waals surface area contributed by atoms with Crippen molar-refractivity contribution in [2.24, 2.45) is 5.10 Å². The molecule has 2 aromatic carbocycles. The van der Waals surface area contributed by atoms with Crippen LogP contribution in [0, 0.1) is 6.92 Å². The van der Waals surface area contributed by atoms with Gasteiger partial charge in [-0.05, 0) is 48.9 Å². The lowest BCUT2D eigenvalue weighted by Gasteiger charge is -2.04. The highest BCUT2D eigenvalue weighted by Crippen LogP contribution is 2.26. The largest absolute Gasteiger partial charge is 0.478 e. The fourth-order valence-electron chi connectivity index (χ4n) is 2.48. The third-order valence-corrected chi connectivity index (χ3v) is 3.76. The van der Waals surface area contributed by atoms with Crippen LogP contribution in [0.5, 0.6) is 0 Å². The van der Waals surface area contributed by atoms with Gasteiger partial charge in [-0.1, -0.05) is 24.3 Å². The molecule has 0 atom stereocenters. The molecule has 3 aromatic rings. The number of aryl methyl sites for hydroxylation is 1. The minimum Gasteiger partial charge on any atom is -0.478 e. The van der Waals surface area contributed by atoms with Gasteiger partial charge in [-0.25, -0.2) is 15.0 Å². The van der Waals surface area contributed by atoms with E-state index in [1.165, 1.54) is 12.3 Å². The summed E-state index contributed by atoms with van der Waals surface area (Å²) in [4.78, 5) is 22.8. The van der Waals surface area contributed by atoms with Crippen molar-refractivity contribution in [1.82, 2.24) is 5.43 Å². The van der Waals surface area contributed by atoms with Gasteiger partial charge in [-0.15, -0.1) is 0 Å². The Labute approximate surface area is 155 Å². The smallest absolute Gasteiger partial charge is 0.339 e. The van der Waals surface area contributed by atoms with Gasteiger partial charge in [-0.3, -0.25) is 0 Å². The number of carboxylic acid groups (broad SMARTS) is 1. The summed E-state index contributed by atoms with van der Waals surface area (Å²) in [6.45, 7) is 1.81. The molecule has 136 valence electrons. The standard InChI is InChI=1S/C20H17N3O4/c1-13-11-14(19(24)25)7-9-17(13)18-10-8-16(27-18)12-21-23-20(26)22-15-5-3-2-4-6-15/h2-12H,1H3,(H,24,25)(H2,22,23,26)/b21-12+. The van der Waals surface area contributed by atoms with Gasteiger partial charge in [0, 0.05) is 11.3 Å². The topological polar surface area (TPSA) is 104 Å². The molecule has 0 bridgehead atoms. The number of para-hydroxylation sites is 1. The van der Waals surface area contributed by atoms with Gasteiger partial charge in [0.15, 0.2) is 0 Å². The number of hydrogen-bond acceptors (Lipinski definition) is 4. The predicted molar refractivity (Wildman–Crippen MR) is 102 cm³/mol. The van der Waals surface area contributed by atoms with Crippen molar-refractivity contribution in [2.75, 3.05) is 5.32 Å². The van der Waals surface area contributed by atoms with Crippen LogP contribution in [-0.4, -0.2) is 23.3 Å². The quantitative estimate of drug-likeness (QED) is 0.469. The first-order chi connectivity index (χ1) is 13.0. The number of nitrogens with zero attached hydrogens (tertiary/aromatic N) is 1. The molecule has 1 aromatic heterocycles. The molecule has 0 saturated heterocycles. The molecule has 27 heavy (non-hydrogen) atoms. The number of carbonyl (C=O) groups is 2. The van der Waals surface area contributed by atoms with Crippen molar-refractivity contribution in [3.8, 4) is 11.3 Å². The second-order valence-electron chi connectivity index (χ2n) is 5.73. The van der Waals surface area contributed by atoms with Crippen molar-refractivity contribution < 1.29 is 19.1 Å². The second kappa shape index (κ2) is 8.01. The van der Waals surface area contributed by atoms with E-state index in [1.54, 1.807) is 36.4 Å². The maximum Gasteiger partial charge on any atom is 0.339 e. The van der Waals surface area contributed by atoms with Crippen LogP contribution in [-0.2, 0) is 0 Å². The molecule has 0 aliphatic rings. The number of furan rings is 1. The number of carbonyl (C=O) groups excluding carboxylic acids is 1. The predicted octanol–water partition coefficient (Wildman–Crippen LogP) is 4.11. The number of hydrogen-bond donors (Lipinski definition) is 3. The SMILES string of the molecule is Cc1cc(C(=O)O)ccc1-c1ccc(/C=N/NC(=O)Nc2ccccc2)o1. The van der Waals surface area contributed by atoms with E-state index < -0.39 is 12.0 Å². The Morgan fingerprint density at radius 2 is 1.85 bits per heavy atom. The molecule has 3 rings (SSSR count). The van der Waals surface area contributed by atoms with Gasteiger partial charge in [-0.2, -0.15) is 5.10 Å². The Morgan fingerprint density at radius 1 is 1.07 bits per heavy atom. The zero-order valence-electron chi connectivity index (χ0n) is 14.5. The Balaban J connectivity index is 1.63. The van der Waals surface area contributed by atoms with Gasteiger partial charge in [0.05, 0.1) is 11.8 Å². The lowest BCUT2D eigenvalue weighted by molar-refractivity contribution is 0.0696. The molecule has 0 aliphatic heterocycles. The highest BCUT2D eigenvalue weighted by atomic mass is 16.4. The van der Waals surface area contributed by atoms with Gasteiger partial charge >= 0.3 is 12.0 Å². The molecule has 2 amide bonds. The molecule has 0 spiro atoms. The second-order valence-corrected chi connectivity index (χ2v) is 5.73. The van der Waals surface area contributed by atoms with Crippen LogP contribution in [0.2, 0.25) is 0 Å². The van der Waals surface area contributed by atoms with Crippen LogP contribution in [0.25, 0.3) is 11.3 Å². The molecule has 3 N–H and O–H groups in total. The number of urea groups is 1. The van der Waals surface area contributed by atoms with E-state index in [9.17, 15) is 9.59 Å². The van der Waals surface area contributed by atoms with E-state index in [2.05, 4.69) is 15.8 Å². The van der Waals surface area contributed by atoms with E-state index >= 15 is 0 Å². The average molecular weight is 363 g/mol. The molecular formula is C20H17N3O4. The molecule has 1 heterocycles. The van der Waals surface area contributed by atoms with Crippen LogP contribution < -0.4 is 10.7 Å². The van der Waals surface area contributed by atoms with Crippen LogP contribution in [0.3, 0.4) is 0 Å². The third kappa shape index (κ3) is 4.60. The first kappa shape index (κ1) is 17.9. The zero-order valence-corrected chi connectivity index (χ0v) is 14.5. The molecule has 0 unspecified atom stereocenters. The molecule has 7 heteroatoms. The molecular weight excluding hydrogens is 346 g/mol. The van der Waals surface area contributed by atoms with Crippen LogP contribution >= 0.6 is 0 Å². The van der Waals surface area contributed by atoms with Crippen LogP contribution in [0.15, 0.2) is 70.2 Å². The summed E-state index contributed by atoms with van der Waals surface area (Å²) >= 11 is 0. The Hall–Kier alpha value is -3.87. The highest BCUT2D eigenvalue weighted by molar-refractivity contribution is 5.90. The number of benzene rings is 2. The fourth-order valence-corrected chi connectivity index (χ4v) is 2.48. The van der Waals surface area contributed by atoms with Crippen molar-refractivity contribution in [3.63, 3.8) is 0 Å². The normalized spacial score (nSPS) is 10.7. The molecule has 0 fully saturated rings. The number of nitrogens with one attached hydrogen (secondary N) is 2. The molecule has 0 saturated carbocycles. The van der Waals surface area contributed by atoms with Gasteiger partial charge in [0.2, 0.25) is 0 Å². The van der Waals surface area contributed by atoms with Gasteiger partial charge < -0.3 is 14.8 Å². The van der Waals surface area contributed by atoms with E-state index in [0.717, 1.165) is 11.1 Å². The maximum absolute atomic E-state index is 11.7. The summed E-state index contributed by atoms with van der Waals surface area (Å²) in [6, 6.07) is 16.8. The van der Waals surface area contributed by atoms with E-state index in [0.29, 0.717) is 17.2 Å². The minimum absolute atomic E-state index is 0.221. The summed E-state index contributed by atoms with van der Waals surface area (Å²) in [7, 11) is 0. The molecule has 0 aliphatic carbocycles. The van der Waals surface area contributed by atoms with Crippen molar-refractivity contribution in [1.29, 1.82) is 0 Å². The Kier molecular flexibility index (Phi) is 5.32. The first-order valence-electron chi connectivity index (χ1n) is 8.12.